The van der Waals surface area contributed by atoms with Crippen molar-refractivity contribution in [1.82, 2.24) is 15.5 Å². The van der Waals surface area contributed by atoms with E-state index in [0.717, 1.165) is 36.6 Å². The lowest BCUT2D eigenvalue weighted by atomic mass is 10.1. The molecule has 1 aliphatic heterocycles. The minimum atomic E-state index is -0.108. The average Bonchev–Trinajstić information content (AvgIpc) is 3.46. The van der Waals surface area contributed by atoms with Crippen LogP contribution in [-0.2, 0) is 0 Å². The Hall–Kier alpha value is -3.48. The van der Waals surface area contributed by atoms with Gasteiger partial charge in [-0.25, -0.2) is 0 Å². The Morgan fingerprint density at radius 1 is 1.10 bits per heavy atom. The van der Waals surface area contributed by atoms with E-state index in [4.69, 9.17) is 9.47 Å². The molecule has 1 aliphatic rings. The third kappa shape index (κ3) is 4.82. The number of nitrogens with one attached hydrogen (secondary N) is 2. The van der Waals surface area contributed by atoms with Crippen molar-refractivity contribution in [2.45, 2.75) is 26.3 Å². The number of benzene rings is 2. The van der Waals surface area contributed by atoms with Crippen molar-refractivity contribution < 1.29 is 14.3 Å². The van der Waals surface area contributed by atoms with Gasteiger partial charge in [0, 0.05) is 30.8 Å². The maximum atomic E-state index is 12.8. The summed E-state index contributed by atoms with van der Waals surface area (Å²) in [6.07, 6.45) is 0.870. The van der Waals surface area contributed by atoms with E-state index in [2.05, 4.69) is 38.6 Å². The molecular formula is C24H28N4O3. The third-order valence-electron chi connectivity index (χ3n) is 5.30. The van der Waals surface area contributed by atoms with Gasteiger partial charge in [-0.1, -0.05) is 30.3 Å². The van der Waals surface area contributed by atoms with Crippen LogP contribution >= 0.6 is 0 Å². The lowest BCUT2D eigenvalue weighted by molar-refractivity contribution is 0.0940. The lowest BCUT2D eigenvalue weighted by Crippen LogP contribution is -2.37. The molecule has 0 spiro atoms. The zero-order valence-corrected chi connectivity index (χ0v) is 17.9. The summed E-state index contributed by atoms with van der Waals surface area (Å²) in [5.41, 5.74) is 2.66. The van der Waals surface area contributed by atoms with E-state index in [0.29, 0.717) is 30.3 Å². The summed E-state index contributed by atoms with van der Waals surface area (Å²) < 4.78 is 11.2. The lowest BCUT2D eigenvalue weighted by Gasteiger charge is -2.17. The van der Waals surface area contributed by atoms with Crippen LogP contribution in [0.1, 0.15) is 30.6 Å². The molecule has 2 aromatic carbocycles. The molecule has 162 valence electrons. The maximum Gasteiger partial charge on any atom is 0.251 e. The fraction of sp³-hybridized carbons (Fsp3) is 0.333. The van der Waals surface area contributed by atoms with Gasteiger partial charge in [0.2, 0.25) is 0 Å². The predicted molar refractivity (Wildman–Crippen MR) is 121 cm³/mol. The first-order valence-corrected chi connectivity index (χ1v) is 10.7. The number of hydrogen-bond acceptors (Lipinski definition) is 5. The van der Waals surface area contributed by atoms with Crippen molar-refractivity contribution in [1.29, 1.82) is 0 Å². The first-order valence-electron chi connectivity index (χ1n) is 10.7. The first-order chi connectivity index (χ1) is 15.2. The zero-order chi connectivity index (χ0) is 21.6. The minimum absolute atomic E-state index is 0.0616. The number of rotatable bonds is 8. The molecular weight excluding hydrogens is 392 g/mol. The van der Waals surface area contributed by atoms with Crippen LogP contribution in [0.25, 0.3) is 11.3 Å². The number of anilines is 1. The summed E-state index contributed by atoms with van der Waals surface area (Å²) in [6.45, 7) is 6.45. The average molecular weight is 421 g/mol. The van der Waals surface area contributed by atoms with Crippen LogP contribution in [0.5, 0.6) is 11.5 Å². The van der Waals surface area contributed by atoms with Gasteiger partial charge in [-0.05, 0) is 44.0 Å². The molecule has 0 radical (unpaired) electrons. The number of ether oxygens (including phenoxy) is 2. The van der Waals surface area contributed by atoms with Crippen LogP contribution in [0, 0.1) is 0 Å². The fourth-order valence-corrected chi connectivity index (χ4v) is 3.79. The van der Waals surface area contributed by atoms with E-state index < -0.39 is 0 Å². The number of H-pyrrole nitrogens is 1. The van der Waals surface area contributed by atoms with E-state index in [-0.39, 0.29) is 11.9 Å². The highest BCUT2D eigenvalue weighted by atomic mass is 16.5. The SMILES string of the molecule is CCOc1ccc(C(=O)NC2CCN(c3cc(-c4ccccc4)[nH]n3)C2)cc1OCC. The first kappa shape index (κ1) is 20.8. The second-order valence-electron chi connectivity index (χ2n) is 7.44. The van der Waals surface area contributed by atoms with Crippen LogP contribution in [0.3, 0.4) is 0 Å². The van der Waals surface area contributed by atoms with Crippen molar-refractivity contribution in [2.24, 2.45) is 0 Å². The molecule has 2 heterocycles. The molecule has 31 heavy (non-hydrogen) atoms. The number of nitrogens with zero attached hydrogens (tertiary/aromatic N) is 2. The molecule has 0 aliphatic carbocycles. The van der Waals surface area contributed by atoms with Gasteiger partial charge in [-0.2, -0.15) is 5.10 Å². The van der Waals surface area contributed by atoms with E-state index in [1.54, 1.807) is 18.2 Å². The Morgan fingerprint density at radius 3 is 2.65 bits per heavy atom. The number of aromatic amines is 1. The largest absolute Gasteiger partial charge is 0.490 e. The number of carbonyl (C=O) groups is 1. The smallest absolute Gasteiger partial charge is 0.251 e. The Bertz CT molecular complexity index is 1020. The fourth-order valence-electron chi connectivity index (χ4n) is 3.79. The molecule has 2 N–H and O–H groups in total. The van der Waals surface area contributed by atoms with Crippen molar-refractivity contribution in [2.75, 3.05) is 31.2 Å². The van der Waals surface area contributed by atoms with Gasteiger partial charge in [0.05, 0.1) is 18.9 Å². The van der Waals surface area contributed by atoms with Crippen LogP contribution in [0.2, 0.25) is 0 Å². The van der Waals surface area contributed by atoms with Gasteiger partial charge in [0.1, 0.15) is 0 Å². The minimum Gasteiger partial charge on any atom is -0.490 e. The number of carbonyl (C=O) groups excluding carboxylic acids is 1. The van der Waals surface area contributed by atoms with Gasteiger partial charge in [-0.3, -0.25) is 9.89 Å². The summed E-state index contributed by atoms with van der Waals surface area (Å²) >= 11 is 0. The van der Waals surface area contributed by atoms with E-state index in [1.807, 2.05) is 32.0 Å². The highest BCUT2D eigenvalue weighted by Crippen LogP contribution is 2.29. The molecule has 1 amide bonds. The molecule has 1 atom stereocenters. The predicted octanol–water partition coefficient (Wildman–Crippen LogP) is 3.88. The summed E-state index contributed by atoms with van der Waals surface area (Å²) in [7, 11) is 0. The summed E-state index contributed by atoms with van der Waals surface area (Å²) in [5.74, 6) is 2.04. The van der Waals surface area contributed by atoms with Gasteiger partial charge >= 0.3 is 0 Å². The zero-order valence-electron chi connectivity index (χ0n) is 17.9. The summed E-state index contributed by atoms with van der Waals surface area (Å²) in [6, 6.07) is 17.5. The molecule has 7 heteroatoms. The second kappa shape index (κ2) is 9.55. The third-order valence-corrected chi connectivity index (χ3v) is 5.30. The summed E-state index contributed by atoms with van der Waals surface area (Å²) in [5, 5.41) is 10.7. The Morgan fingerprint density at radius 2 is 1.87 bits per heavy atom. The molecule has 0 bridgehead atoms. The van der Waals surface area contributed by atoms with Gasteiger partial charge in [0.25, 0.3) is 5.91 Å². The van der Waals surface area contributed by atoms with Crippen LogP contribution in [0.15, 0.2) is 54.6 Å². The van der Waals surface area contributed by atoms with E-state index >= 15 is 0 Å². The van der Waals surface area contributed by atoms with Crippen molar-refractivity contribution in [3.63, 3.8) is 0 Å². The van der Waals surface area contributed by atoms with Crippen molar-refractivity contribution in [3.8, 4) is 22.8 Å². The second-order valence-corrected chi connectivity index (χ2v) is 7.44. The molecule has 1 saturated heterocycles. The molecule has 1 aromatic heterocycles. The molecule has 1 fully saturated rings. The van der Waals surface area contributed by atoms with E-state index in [9.17, 15) is 4.79 Å². The molecule has 0 saturated carbocycles. The maximum absolute atomic E-state index is 12.8. The quantitative estimate of drug-likeness (QED) is 0.578. The molecule has 4 rings (SSSR count). The van der Waals surface area contributed by atoms with Crippen LogP contribution in [-0.4, -0.2) is 48.4 Å². The van der Waals surface area contributed by atoms with Crippen LogP contribution < -0.4 is 19.7 Å². The highest BCUT2D eigenvalue weighted by Gasteiger charge is 2.26. The number of hydrogen-bond donors (Lipinski definition) is 2. The Labute approximate surface area is 182 Å². The molecule has 3 aromatic rings. The number of aromatic nitrogens is 2. The number of amides is 1. The molecule has 1 unspecified atom stereocenters. The monoisotopic (exact) mass is 420 g/mol. The van der Waals surface area contributed by atoms with Gasteiger partial charge in [0.15, 0.2) is 17.3 Å². The van der Waals surface area contributed by atoms with Crippen LogP contribution in [0.4, 0.5) is 5.82 Å². The van der Waals surface area contributed by atoms with Gasteiger partial charge in [-0.15, -0.1) is 0 Å². The summed E-state index contributed by atoms with van der Waals surface area (Å²) in [4.78, 5) is 15.0. The van der Waals surface area contributed by atoms with Crippen molar-refractivity contribution >= 4 is 11.7 Å². The standard InChI is InChI=1S/C24H28N4O3/c1-3-30-21-11-10-18(14-22(21)31-4-2)24(29)25-19-12-13-28(16-19)23-15-20(26-27-23)17-8-6-5-7-9-17/h5-11,14-15,19H,3-4,12-13,16H2,1-2H3,(H,25,29)(H,26,27). The Kier molecular flexibility index (Phi) is 6.40. The normalized spacial score (nSPS) is 15.7. The van der Waals surface area contributed by atoms with Gasteiger partial charge < -0.3 is 19.7 Å². The molecule has 7 nitrogen and oxygen atoms in total. The topological polar surface area (TPSA) is 79.5 Å². The van der Waals surface area contributed by atoms with E-state index in [1.165, 1.54) is 0 Å². The highest BCUT2D eigenvalue weighted by molar-refractivity contribution is 5.95. The Balaban J connectivity index is 1.39. The van der Waals surface area contributed by atoms with Crippen molar-refractivity contribution in [3.05, 3.63) is 60.2 Å².